The van der Waals surface area contributed by atoms with Crippen LogP contribution in [-0.2, 0) is 0 Å². The maximum atomic E-state index is 9.98. The maximum absolute atomic E-state index is 9.98. The minimum absolute atomic E-state index is 0.158. The van der Waals surface area contributed by atoms with Crippen LogP contribution in [0.4, 0.5) is 11.6 Å². The zero-order valence-corrected chi connectivity index (χ0v) is 20.5. The van der Waals surface area contributed by atoms with Crippen LogP contribution in [0.1, 0.15) is 71.4 Å². The number of aryl methyl sites for hydroxylation is 2. The molecule has 174 valence electrons. The third kappa shape index (κ3) is 9.42. The minimum atomic E-state index is -0.935. The summed E-state index contributed by atoms with van der Waals surface area (Å²) in [6.07, 6.45) is 3.73. The summed E-state index contributed by atoms with van der Waals surface area (Å²) in [5, 5.41) is 14.2. The van der Waals surface area contributed by atoms with Gasteiger partial charge in [-0.1, -0.05) is 27.7 Å². The molecule has 0 spiro atoms. The number of nitrogens with zero attached hydrogens (tertiary/aromatic N) is 3. The predicted molar refractivity (Wildman–Crippen MR) is 130 cm³/mol. The van der Waals surface area contributed by atoms with E-state index in [1.807, 2.05) is 45.9 Å². The first-order valence-corrected chi connectivity index (χ1v) is 11.2. The van der Waals surface area contributed by atoms with Crippen LogP contribution in [0.15, 0.2) is 27.7 Å². The van der Waals surface area contributed by atoms with Crippen molar-refractivity contribution in [3.8, 4) is 5.88 Å². The number of ether oxygens (including phenoxy) is 1. The largest absolute Gasteiger partial charge is 0.475 e. The molecule has 2 N–H and O–H groups in total. The van der Waals surface area contributed by atoms with Gasteiger partial charge in [0.05, 0.1) is 17.5 Å². The van der Waals surface area contributed by atoms with Crippen LogP contribution in [0, 0.1) is 13.8 Å². The van der Waals surface area contributed by atoms with Gasteiger partial charge in [0, 0.05) is 30.9 Å². The van der Waals surface area contributed by atoms with E-state index in [0.717, 1.165) is 42.9 Å². The van der Waals surface area contributed by atoms with Crippen LogP contribution in [0.25, 0.3) is 0 Å². The molecular formula is C24H40N4O3. The Morgan fingerprint density at radius 3 is 2.32 bits per heavy atom. The van der Waals surface area contributed by atoms with Gasteiger partial charge in [0.2, 0.25) is 11.8 Å². The molecule has 0 unspecified atom stereocenters. The summed E-state index contributed by atoms with van der Waals surface area (Å²) in [6, 6.07) is 5.81. The Morgan fingerprint density at radius 1 is 1.16 bits per heavy atom. The molecule has 0 saturated carbocycles. The second-order valence-electron chi connectivity index (χ2n) is 7.90. The van der Waals surface area contributed by atoms with Gasteiger partial charge in [0.25, 0.3) is 0 Å². The molecular weight excluding hydrogens is 392 g/mol. The zero-order chi connectivity index (χ0) is 23.4. The zero-order valence-electron chi connectivity index (χ0n) is 20.5. The van der Waals surface area contributed by atoms with Crippen LogP contribution < -0.4 is 15.1 Å². The highest BCUT2D eigenvalue weighted by atomic mass is 16.5. The fourth-order valence-electron chi connectivity index (χ4n) is 2.78. The monoisotopic (exact) mass is 432 g/mol. The van der Waals surface area contributed by atoms with Gasteiger partial charge in [0.1, 0.15) is 12.4 Å². The lowest BCUT2D eigenvalue weighted by atomic mass is 10.2. The molecule has 2 rings (SSSR count). The first-order valence-electron chi connectivity index (χ1n) is 11.2. The van der Waals surface area contributed by atoms with E-state index in [1.165, 1.54) is 0 Å². The molecule has 0 aliphatic heterocycles. The van der Waals surface area contributed by atoms with E-state index < -0.39 is 5.60 Å². The lowest BCUT2D eigenvalue weighted by Crippen LogP contribution is -2.28. The van der Waals surface area contributed by atoms with Gasteiger partial charge in [-0.15, -0.1) is 0 Å². The standard InChI is InChI=1S/C22H34N4O3.C2H6/c1-7-9-26(10-8-2)19-12-18(24-20(13-19)28-15-22(5,6)27)14-23-25-21-11-16(3)17(4)29-21;1-2/h11-14,25,27H,7-10,15H2,1-6H3;1-2H3/b23-14+;. The van der Waals surface area contributed by atoms with Crippen LogP contribution in [-0.4, -0.2) is 41.6 Å². The molecule has 7 heteroatoms. The van der Waals surface area contributed by atoms with Gasteiger partial charge in [-0.2, -0.15) is 5.10 Å². The Hall–Kier alpha value is -2.54. The van der Waals surface area contributed by atoms with Crippen LogP contribution in [0.3, 0.4) is 0 Å². The Labute approximate surface area is 187 Å². The second kappa shape index (κ2) is 13.0. The molecule has 2 aromatic rings. The van der Waals surface area contributed by atoms with E-state index in [2.05, 4.69) is 34.3 Å². The summed E-state index contributed by atoms with van der Waals surface area (Å²) in [6.45, 7) is 17.7. The average Bonchev–Trinajstić information content (AvgIpc) is 3.04. The molecule has 7 nitrogen and oxygen atoms in total. The molecule has 0 atom stereocenters. The van der Waals surface area contributed by atoms with Crippen molar-refractivity contribution in [3.05, 3.63) is 35.2 Å². The lowest BCUT2D eigenvalue weighted by Gasteiger charge is -2.25. The highest BCUT2D eigenvalue weighted by Gasteiger charge is 2.15. The summed E-state index contributed by atoms with van der Waals surface area (Å²) in [4.78, 5) is 6.82. The number of anilines is 2. The minimum Gasteiger partial charge on any atom is -0.475 e. The number of rotatable bonds is 11. The van der Waals surface area contributed by atoms with E-state index in [-0.39, 0.29) is 6.61 Å². The predicted octanol–water partition coefficient (Wildman–Crippen LogP) is 5.54. The molecule has 0 aliphatic rings. The fourth-order valence-corrected chi connectivity index (χ4v) is 2.78. The number of nitrogens with one attached hydrogen (secondary N) is 1. The number of furan rings is 1. The summed E-state index contributed by atoms with van der Waals surface area (Å²) < 4.78 is 11.3. The average molecular weight is 433 g/mol. The van der Waals surface area contributed by atoms with Crippen molar-refractivity contribution >= 4 is 17.8 Å². The Bertz CT molecular complexity index is 784. The van der Waals surface area contributed by atoms with E-state index >= 15 is 0 Å². The van der Waals surface area contributed by atoms with Crippen LogP contribution in [0.5, 0.6) is 5.88 Å². The summed E-state index contributed by atoms with van der Waals surface area (Å²) in [5.74, 6) is 1.91. The number of pyridine rings is 1. The summed E-state index contributed by atoms with van der Waals surface area (Å²) in [7, 11) is 0. The van der Waals surface area contributed by atoms with Crippen LogP contribution in [0.2, 0.25) is 0 Å². The van der Waals surface area contributed by atoms with E-state index in [1.54, 1.807) is 20.1 Å². The van der Waals surface area contributed by atoms with Crippen molar-refractivity contribution in [2.24, 2.45) is 5.10 Å². The van der Waals surface area contributed by atoms with Crippen molar-refractivity contribution in [2.45, 2.75) is 73.8 Å². The number of hydrogen-bond donors (Lipinski definition) is 2. The first kappa shape index (κ1) is 26.5. The molecule has 0 saturated heterocycles. The highest BCUT2D eigenvalue weighted by Crippen LogP contribution is 2.23. The summed E-state index contributed by atoms with van der Waals surface area (Å²) >= 11 is 0. The van der Waals surface area contributed by atoms with Gasteiger partial charge in [-0.25, -0.2) is 10.4 Å². The second-order valence-corrected chi connectivity index (χ2v) is 7.90. The van der Waals surface area contributed by atoms with Crippen LogP contribution >= 0.6 is 0 Å². The number of aromatic nitrogens is 1. The lowest BCUT2D eigenvalue weighted by molar-refractivity contribution is 0.0268. The molecule has 0 radical (unpaired) electrons. The van der Waals surface area contributed by atoms with Crippen molar-refractivity contribution < 1.29 is 14.3 Å². The molecule has 0 aromatic carbocycles. The van der Waals surface area contributed by atoms with Gasteiger partial charge in [-0.05, 0) is 52.2 Å². The number of hydrazone groups is 1. The molecule has 0 aliphatic carbocycles. The quantitative estimate of drug-likeness (QED) is 0.358. The third-order valence-corrected chi connectivity index (χ3v) is 4.27. The Kier molecular flexibility index (Phi) is 11.1. The molecule has 0 bridgehead atoms. The molecule has 2 heterocycles. The van der Waals surface area contributed by atoms with E-state index in [4.69, 9.17) is 9.15 Å². The van der Waals surface area contributed by atoms with Gasteiger partial charge < -0.3 is 19.2 Å². The van der Waals surface area contributed by atoms with E-state index in [9.17, 15) is 5.11 Å². The summed E-state index contributed by atoms with van der Waals surface area (Å²) in [5.41, 5.74) is 4.72. The Morgan fingerprint density at radius 2 is 1.81 bits per heavy atom. The van der Waals surface area contributed by atoms with Gasteiger partial charge in [0.15, 0.2) is 0 Å². The highest BCUT2D eigenvalue weighted by molar-refractivity contribution is 5.79. The van der Waals surface area contributed by atoms with E-state index in [0.29, 0.717) is 17.5 Å². The topological polar surface area (TPSA) is 83.1 Å². The fraction of sp³-hybridized carbons (Fsp3) is 0.583. The van der Waals surface area contributed by atoms with Crippen molar-refractivity contribution in [2.75, 3.05) is 30.0 Å². The van der Waals surface area contributed by atoms with Crippen molar-refractivity contribution in [3.63, 3.8) is 0 Å². The molecule has 0 amide bonds. The molecule has 2 aromatic heterocycles. The number of hydrogen-bond acceptors (Lipinski definition) is 7. The molecule has 31 heavy (non-hydrogen) atoms. The molecule has 0 fully saturated rings. The maximum Gasteiger partial charge on any atom is 0.216 e. The SMILES string of the molecule is CC.CCCN(CCC)c1cc(/C=N/Nc2cc(C)c(C)o2)nc(OCC(C)(C)O)c1. The number of aliphatic hydroxyl groups is 1. The van der Waals surface area contributed by atoms with Crippen molar-refractivity contribution in [1.82, 2.24) is 4.98 Å². The Balaban J connectivity index is 0.00000233. The van der Waals surface area contributed by atoms with Crippen molar-refractivity contribution in [1.29, 1.82) is 0 Å². The smallest absolute Gasteiger partial charge is 0.216 e. The first-order chi connectivity index (χ1) is 14.7. The third-order valence-electron chi connectivity index (χ3n) is 4.27. The van der Waals surface area contributed by atoms with Gasteiger partial charge >= 0.3 is 0 Å². The normalized spacial score (nSPS) is 11.3. The van der Waals surface area contributed by atoms with Gasteiger partial charge in [-0.3, -0.25) is 0 Å².